The maximum atomic E-state index is 5.36. The van der Waals surface area contributed by atoms with Gasteiger partial charge >= 0.3 is 0 Å². The lowest BCUT2D eigenvalue weighted by molar-refractivity contribution is 0.350. The summed E-state index contributed by atoms with van der Waals surface area (Å²) >= 11 is 0. The fourth-order valence-electron chi connectivity index (χ4n) is 0.965. The molecule has 1 aliphatic rings. The van der Waals surface area contributed by atoms with Gasteiger partial charge in [0.25, 0.3) is 0 Å². The van der Waals surface area contributed by atoms with Crippen LogP contribution in [0.3, 0.4) is 0 Å². The minimum absolute atomic E-state index is 0.750. The van der Waals surface area contributed by atoms with E-state index in [0.717, 1.165) is 6.67 Å². The van der Waals surface area contributed by atoms with Gasteiger partial charge in [-0.3, -0.25) is 4.90 Å². The van der Waals surface area contributed by atoms with Crippen molar-refractivity contribution in [3.05, 3.63) is 0 Å². The van der Waals surface area contributed by atoms with E-state index in [1.54, 1.807) is 0 Å². The van der Waals surface area contributed by atoms with E-state index in [1.165, 1.54) is 25.9 Å². The van der Waals surface area contributed by atoms with Crippen LogP contribution in [0.1, 0.15) is 26.7 Å². The van der Waals surface area contributed by atoms with Crippen LogP contribution in [0.25, 0.3) is 0 Å². The van der Waals surface area contributed by atoms with Crippen molar-refractivity contribution >= 4 is 0 Å². The van der Waals surface area contributed by atoms with E-state index in [4.69, 9.17) is 5.73 Å². The Hall–Kier alpha value is -0.0800. The lowest BCUT2D eigenvalue weighted by Gasteiger charge is -2.08. The second-order valence-electron chi connectivity index (χ2n) is 2.01. The third kappa shape index (κ3) is 3.49. The van der Waals surface area contributed by atoms with Crippen molar-refractivity contribution in [3.63, 3.8) is 0 Å². The minimum atomic E-state index is 0.750. The zero-order valence-electron chi connectivity index (χ0n) is 6.56. The molecule has 1 aliphatic heterocycles. The Balaban J connectivity index is 0.000000291. The van der Waals surface area contributed by atoms with Crippen LogP contribution in [-0.2, 0) is 0 Å². The van der Waals surface area contributed by atoms with Crippen molar-refractivity contribution < 1.29 is 0 Å². The predicted molar refractivity (Wildman–Crippen MR) is 41.2 cm³/mol. The number of nitrogens with two attached hydrogens (primary N) is 1. The third-order valence-electron chi connectivity index (χ3n) is 1.46. The first-order chi connectivity index (χ1) is 4.43. The number of likely N-dealkylation sites (tertiary alicyclic amines) is 1. The molecule has 9 heavy (non-hydrogen) atoms. The lowest BCUT2D eigenvalue weighted by Crippen LogP contribution is -2.26. The average molecular weight is 130 g/mol. The van der Waals surface area contributed by atoms with Crippen LogP contribution in [0.2, 0.25) is 0 Å². The molecule has 0 aromatic rings. The molecular formula is C7H18N2. The highest BCUT2D eigenvalue weighted by atomic mass is 15.2. The molecule has 0 radical (unpaired) electrons. The standard InChI is InChI=1S/C5H12N2.C2H6/c6-5-7-3-1-2-4-7;1-2/h1-6H2;1-2H3. The maximum Gasteiger partial charge on any atom is 0.0455 e. The van der Waals surface area contributed by atoms with Gasteiger partial charge in [-0.2, -0.15) is 0 Å². The van der Waals surface area contributed by atoms with Crippen LogP contribution in [0, 0.1) is 0 Å². The van der Waals surface area contributed by atoms with Gasteiger partial charge in [-0.05, 0) is 25.9 Å². The van der Waals surface area contributed by atoms with Crippen LogP contribution >= 0.6 is 0 Å². The largest absolute Gasteiger partial charge is 0.318 e. The first kappa shape index (κ1) is 8.92. The topological polar surface area (TPSA) is 29.3 Å². The number of hydrogen-bond donors (Lipinski definition) is 1. The Kier molecular flexibility index (Phi) is 5.99. The summed E-state index contributed by atoms with van der Waals surface area (Å²) < 4.78 is 0. The van der Waals surface area contributed by atoms with Crippen molar-refractivity contribution in [1.29, 1.82) is 0 Å². The highest BCUT2D eigenvalue weighted by Crippen LogP contribution is 2.03. The third-order valence-corrected chi connectivity index (χ3v) is 1.46. The van der Waals surface area contributed by atoms with E-state index in [-0.39, 0.29) is 0 Å². The summed E-state index contributed by atoms with van der Waals surface area (Å²) in [6.07, 6.45) is 2.69. The van der Waals surface area contributed by atoms with Gasteiger partial charge in [-0.15, -0.1) is 0 Å². The molecule has 2 heteroatoms. The van der Waals surface area contributed by atoms with Gasteiger partial charge in [0.2, 0.25) is 0 Å². The molecule has 2 N–H and O–H groups in total. The number of rotatable bonds is 1. The Morgan fingerprint density at radius 3 is 1.89 bits per heavy atom. The summed E-state index contributed by atoms with van der Waals surface area (Å²) in [5, 5.41) is 0. The van der Waals surface area contributed by atoms with Gasteiger partial charge in [-0.1, -0.05) is 13.8 Å². The number of nitrogens with zero attached hydrogens (tertiary/aromatic N) is 1. The summed E-state index contributed by atoms with van der Waals surface area (Å²) in [5.41, 5.74) is 5.36. The highest BCUT2D eigenvalue weighted by molar-refractivity contribution is 4.62. The van der Waals surface area contributed by atoms with Crippen LogP contribution in [0.15, 0.2) is 0 Å². The van der Waals surface area contributed by atoms with E-state index in [9.17, 15) is 0 Å². The SMILES string of the molecule is CC.NCN1CCCC1. The van der Waals surface area contributed by atoms with Crippen molar-refractivity contribution in [3.8, 4) is 0 Å². The molecule has 0 unspecified atom stereocenters. The Labute approximate surface area is 58.0 Å². The molecule has 56 valence electrons. The molecule has 2 nitrogen and oxygen atoms in total. The fraction of sp³-hybridized carbons (Fsp3) is 1.00. The Bertz CT molecular complexity index is 48.9. The van der Waals surface area contributed by atoms with E-state index >= 15 is 0 Å². The summed E-state index contributed by atoms with van der Waals surface area (Å²) in [6, 6.07) is 0. The molecule has 1 heterocycles. The normalized spacial score (nSPS) is 19.0. The molecule has 1 rings (SSSR count). The van der Waals surface area contributed by atoms with E-state index in [2.05, 4.69) is 4.90 Å². The van der Waals surface area contributed by atoms with E-state index in [0.29, 0.717) is 0 Å². The van der Waals surface area contributed by atoms with Crippen LogP contribution in [0.5, 0.6) is 0 Å². The second kappa shape index (κ2) is 6.05. The monoisotopic (exact) mass is 130 g/mol. The molecule has 1 fully saturated rings. The minimum Gasteiger partial charge on any atom is -0.318 e. The lowest BCUT2D eigenvalue weighted by atomic mass is 10.4. The Morgan fingerprint density at radius 1 is 1.22 bits per heavy atom. The molecule has 0 saturated carbocycles. The van der Waals surface area contributed by atoms with E-state index < -0.39 is 0 Å². The van der Waals surface area contributed by atoms with Crippen molar-refractivity contribution in [2.75, 3.05) is 19.8 Å². The molecular weight excluding hydrogens is 112 g/mol. The molecule has 0 amide bonds. The maximum absolute atomic E-state index is 5.36. The highest BCUT2D eigenvalue weighted by Gasteiger charge is 2.07. The number of hydrogen-bond acceptors (Lipinski definition) is 2. The smallest absolute Gasteiger partial charge is 0.0455 e. The van der Waals surface area contributed by atoms with Gasteiger partial charge in [0.1, 0.15) is 0 Å². The molecule has 0 aliphatic carbocycles. The predicted octanol–water partition coefficient (Wildman–Crippen LogP) is 1.02. The summed E-state index contributed by atoms with van der Waals surface area (Å²) in [4.78, 5) is 2.26. The molecule has 0 aromatic carbocycles. The average Bonchev–Trinajstić information content (AvgIpc) is 2.43. The summed E-state index contributed by atoms with van der Waals surface area (Å²) in [6.45, 7) is 7.19. The van der Waals surface area contributed by atoms with Gasteiger partial charge in [0.15, 0.2) is 0 Å². The van der Waals surface area contributed by atoms with Crippen molar-refractivity contribution in [2.45, 2.75) is 26.7 Å². The summed E-state index contributed by atoms with van der Waals surface area (Å²) in [7, 11) is 0. The van der Waals surface area contributed by atoms with E-state index in [1.807, 2.05) is 13.8 Å². The van der Waals surface area contributed by atoms with Gasteiger partial charge < -0.3 is 5.73 Å². The van der Waals surface area contributed by atoms with Gasteiger partial charge in [-0.25, -0.2) is 0 Å². The van der Waals surface area contributed by atoms with Crippen LogP contribution < -0.4 is 5.73 Å². The summed E-state index contributed by atoms with van der Waals surface area (Å²) in [5.74, 6) is 0. The molecule has 1 saturated heterocycles. The van der Waals surface area contributed by atoms with Crippen molar-refractivity contribution in [1.82, 2.24) is 4.90 Å². The molecule has 0 bridgehead atoms. The first-order valence-electron chi connectivity index (χ1n) is 3.86. The molecule has 0 spiro atoms. The Morgan fingerprint density at radius 2 is 1.67 bits per heavy atom. The van der Waals surface area contributed by atoms with Crippen LogP contribution in [0.4, 0.5) is 0 Å². The first-order valence-corrected chi connectivity index (χ1v) is 3.86. The quantitative estimate of drug-likeness (QED) is 0.574. The molecule has 0 aromatic heterocycles. The van der Waals surface area contributed by atoms with Gasteiger partial charge in [0.05, 0.1) is 0 Å². The zero-order chi connectivity index (χ0) is 7.11. The van der Waals surface area contributed by atoms with Gasteiger partial charge in [0, 0.05) is 6.67 Å². The fourth-order valence-corrected chi connectivity index (χ4v) is 0.965. The second-order valence-corrected chi connectivity index (χ2v) is 2.01. The zero-order valence-corrected chi connectivity index (χ0v) is 6.56. The van der Waals surface area contributed by atoms with Crippen LogP contribution in [-0.4, -0.2) is 24.7 Å². The van der Waals surface area contributed by atoms with Crippen molar-refractivity contribution in [2.24, 2.45) is 5.73 Å². The molecule has 0 atom stereocenters.